The minimum absolute atomic E-state index is 0.0625. The zero-order chi connectivity index (χ0) is 22.1. The summed E-state index contributed by atoms with van der Waals surface area (Å²) in [6.45, 7) is 8.38. The molecule has 1 atom stereocenters. The number of aromatic nitrogens is 2. The van der Waals surface area contributed by atoms with Crippen LogP contribution in [-0.4, -0.2) is 58.5 Å². The summed E-state index contributed by atoms with van der Waals surface area (Å²) in [7, 11) is 0. The molecule has 4 rings (SSSR count). The molecule has 1 unspecified atom stereocenters. The van der Waals surface area contributed by atoms with Crippen molar-refractivity contribution in [2.75, 3.05) is 32.8 Å². The van der Waals surface area contributed by atoms with Gasteiger partial charge in [0.2, 0.25) is 0 Å². The van der Waals surface area contributed by atoms with Crippen molar-refractivity contribution >= 4 is 27.5 Å². The maximum absolute atomic E-state index is 13.0. The molecule has 1 fully saturated rings. The molecule has 3 heterocycles. The molecule has 1 aliphatic rings. The largest absolute Gasteiger partial charge is 0.484 e. The second-order valence-corrected chi connectivity index (χ2v) is 8.95. The molecule has 0 aliphatic carbocycles. The lowest BCUT2D eigenvalue weighted by molar-refractivity contribution is -0.135. The van der Waals surface area contributed by atoms with Crippen LogP contribution in [0.4, 0.5) is 4.39 Å². The van der Waals surface area contributed by atoms with Crippen LogP contribution >= 0.6 is 11.3 Å². The van der Waals surface area contributed by atoms with Gasteiger partial charge in [-0.05, 0) is 50.6 Å². The van der Waals surface area contributed by atoms with Crippen LogP contribution in [0.2, 0.25) is 0 Å². The molecule has 1 amide bonds. The number of carbonyl (C=O) groups excluding carboxylic acids is 1. The Morgan fingerprint density at radius 1 is 1.23 bits per heavy atom. The Hall–Kier alpha value is -2.78. The lowest BCUT2D eigenvalue weighted by Crippen LogP contribution is -2.50. The Balaban J connectivity index is 1.36. The van der Waals surface area contributed by atoms with E-state index < -0.39 is 0 Å². The first-order valence-electron chi connectivity index (χ1n) is 10.2. The zero-order valence-electron chi connectivity index (χ0n) is 17.8. The molecule has 1 aliphatic heterocycles. The van der Waals surface area contributed by atoms with Gasteiger partial charge < -0.3 is 14.6 Å². The normalized spacial score (nSPS) is 15.9. The van der Waals surface area contributed by atoms with Crippen LogP contribution in [0.5, 0.6) is 5.75 Å². The van der Waals surface area contributed by atoms with Crippen LogP contribution in [0.3, 0.4) is 0 Å². The third kappa shape index (κ3) is 4.47. The van der Waals surface area contributed by atoms with Crippen molar-refractivity contribution in [1.29, 1.82) is 0 Å². The van der Waals surface area contributed by atoms with E-state index in [4.69, 9.17) is 9.72 Å². The Labute approximate surface area is 183 Å². The van der Waals surface area contributed by atoms with Gasteiger partial charge >= 0.3 is 0 Å². The van der Waals surface area contributed by atoms with Crippen LogP contribution in [0.25, 0.3) is 10.2 Å². The maximum Gasteiger partial charge on any atom is 0.260 e. The number of thiophene rings is 1. The van der Waals surface area contributed by atoms with E-state index in [1.165, 1.54) is 24.3 Å². The Morgan fingerprint density at radius 3 is 2.58 bits per heavy atom. The van der Waals surface area contributed by atoms with Crippen molar-refractivity contribution in [1.82, 2.24) is 19.8 Å². The number of rotatable bonds is 5. The number of amides is 1. The van der Waals surface area contributed by atoms with Gasteiger partial charge in [-0.15, -0.1) is 11.3 Å². The van der Waals surface area contributed by atoms with Crippen molar-refractivity contribution < 1.29 is 13.9 Å². The van der Waals surface area contributed by atoms with Crippen LogP contribution in [0.1, 0.15) is 29.2 Å². The summed E-state index contributed by atoms with van der Waals surface area (Å²) in [5.41, 5.74) is 0.892. The Bertz CT molecular complexity index is 1150. The summed E-state index contributed by atoms with van der Waals surface area (Å²) in [6.07, 6.45) is 0. The van der Waals surface area contributed by atoms with Crippen molar-refractivity contribution in [3.8, 4) is 5.75 Å². The van der Waals surface area contributed by atoms with E-state index in [0.29, 0.717) is 43.1 Å². The first kappa shape index (κ1) is 21.5. The standard InChI is InChI=1S/C22H25FN4O3S/c1-13-15(3)31-22-19(13)21(29)24-20(25-22)14(2)26-8-10-27(11-9-26)18(28)12-30-17-6-4-16(23)5-7-17/h4-7,14H,8-12H2,1-3H3,(H,24,25,29). The van der Waals surface area contributed by atoms with Crippen LogP contribution < -0.4 is 10.3 Å². The first-order valence-corrected chi connectivity index (χ1v) is 11.0. The summed E-state index contributed by atoms with van der Waals surface area (Å²) in [5, 5.41) is 0.676. The second kappa shape index (κ2) is 8.76. The highest BCUT2D eigenvalue weighted by Gasteiger charge is 2.26. The lowest BCUT2D eigenvalue weighted by atomic mass is 10.2. The Kier molecular flexibility index (Phi) is 6.06. The summed E-state index contributed by atoms with van der Waals surface area (Å²) >= 11 is 1.54. The third-order valence-corrected chi connectivity index (χ3v) is 6.94. The maximum atomic E-state index is 13.0. The topological polar surface area (TPSA) is 78.5 Å². The number of fused-ring (bicyclic) bond motifs is 1. The van der Waals surface area contributed by atoms with Gasteiger partial charge in [0.1, 0.15) is 22.2 Å². The quantitative estimate of drug-likeness (QED) is 0.655. The fraction of sp³-hybridized carbons (Fsp3) is 0.409. The minimum atomic E-state index is -0.344. The number of ether oxygens (including phenoxy) is 1. The SMILES string of the molecule is Cc1sc2nc(C(C)N3CCN(C(=O)COc4ccc(F)cc4)CC3)[nH]c(=O)c2c1C. The molecule has 7 nitrogen and oxygen atoms in total. The summed E-state index contributed by atoms with van der Waals surface area (Å²) < 4.78 is 18.4. The van der Waals surface area contributed by atoms with Crippen molar-refractivity contribution in [3.63, 3.8) is 0 Å². The van der Waals surface area contributed by atoms with Crippen molar-refractivity contribution in [3.05, 3.63) is 56.7 Å². The van der Waals surface area contributed by atoms with Gasteiger partial charge in [0, 0.05) is 31.1 Å². The number of aryl methyl sites for hydroxylation is 2. The monoisotopic (exact) mass is 444 g/mol. The zero-order valence-corrected chi connectivity index (χ0v) is 18.6. The molecular formula is C22H25FN4O3S. The van der Waals surface area contributed by atoms with E-state index in [-0.39, 0.29) is 29.9 Å². The number of hydrogen-bond donors (Lipinski definition) is 1. The number of aromatic amines is 1. The highest BCUT2D eigenvalue weighted by atomic mass is 32.1. The second-order valence-electron chi connectivity index (χ2n) is 7.75. The van der Waals surface area contributed by atoms with E-state index in [0.717, 1.165) is 15.3 Å². The molecular weight excluding hydrogens is 419 g/mol. The molecule has 9 heteroatoms. The van der Waals surface area contributed by atoms with Crippen LogP contribution in [0, 0.1) is 19.7 Å². The molecule has 0 radical (unpaired) electrons. The molecule has 0 saturated carbocycles. The van der Waals surface area contributed by atoms with Gasteiger partial charge in [0.05, 0.1) is 11.4 Å². The molecule has 2 aromatic heterocycles. The van der Waals surface area contributed by atoms with Gasteiger partial charge in [-0.3, -0.25) is 14.5 Å². The number of piperazine rings is 1. The highest BCUT2D eigenvalue weighted by molar-refractivity contribution is 7.18. The van der Waals surface area contributed by atoms with Gasteiger partial charge in [-0.2, -0.15) is 0 Å². The van der Waals surface area contributed by atoms with Crippen LogP contribution in [0.15, 0.2) is 29.1 Å². The van der Waals surface area contributed by atoms with Crippen molar-refractivity contribution in [2.45, 2.75) is 26.8 Å². The number of halogens is 1. The van der Waals surface area contributed by atoms with Gasteiger partial charge in [0.15, 0.2) is 6.61 Å². The molecule has 0 spiro atoms. The third-order valence-electron chi connectivity index (χ3n) is 5.84. The number of carbonyl (C=O) groups is 1. The molecule has 3 aromatic rings. The molecule has 31 heavy (non-hydrogen) atoms. The average molecular weight is 445 g/mol. The van der Waals surface area contributed by atoms with E-state index in [1.807, 2.05) is 20.8 Å². The fourth-order valence-corrected chi connectivity index (χ4v) is 4.80. The van der Waals surface area contributed by atoms with E-state index in [9.17, 15) is 14.0 Å². The lowest BCUT2D eigenvalue weighted by Gasteiger charge is -2.37. The summed E-state index contributed by atoms with van der Waals surface area (Å²) in [5.74, 6) is 0.669. The fourth-order valence-electron chi connectivity index (χ4n) is 3.77. The molecule has 164 valence electrons. The molecule has 0 bridgehead atoms. The van der Waals surface area contributed by atoms with Gasteiger partial charge in [0.25, 0.3) is 11.5 Å². The van der Waals surface area contributed by atoms with Gasteiger partial charge in [-0.25, -0.2) is 9.37 Å². The first-order chi connectivity index (χ1) is 14.8. The smallest absolute Gasteiger partial charge is 0.260 e. The summed E-state index contributed by atoms with van der Waals surface area (Å²) in [4.78, 5) is 38.5. The van der Waals surface area contributed by atoms with Gasteiger partial charge in [-0.1, -0.05) is 0 Å². The van der Waals surface area contributed by atoms with Crippen molar-refractivity contribution in [2.24, 2.45) is 0 Å². The average Bonchev–Trinajstić information content (AvgIpc) is 3.06. The van der Waals surface area contributed by atoms with E-state index in [1.54, 1.807) is 16.2 Å². The molecule has 1 N–H and O–H groups in total. The predicted molar refractivity (Wildman–Crippen MR) is 118 cm³/mol. The molecule has 1 saturated heterocycles. The molecule has 1 aromatic carbocycles. The predicted octanol–water partition coefficient (Wildman–Crippen LogP) is 3.02. The Morgan fingerprint density at radius 2 is 1.90 bits per heavy atom. The van der Waals surface area contributed by atoms with Crippen LogP contribution in [-0.2, 0) is 4.79 Å². The summed E-state index contributed by atoms with van der Waals surface area (Å²) in [6, 6.07) is 5.54. The number of nitrogens with one attached hydrogen (secondary N) is 1. The highest BCUT2D eigenvalue weighted by Crippen LogP contribution is 2.27. The van der Waals surface area contributed by atoms with E-state index >= 15 is 0 Å². The van der Waals surface area contributed by atoms with E-state index in [2.05, 4.69) is 9.88 Å². The minimum Gasteiger partial charge on any atom is -0.484 e. The number of hydrogen-bond acceptors (Lipinski definition) is 6. The number of benzene rings is 1. The number of H-pyrrole nitrogens is 1. The number of nitrogens with zero attached hydrogens (tertiary/aromatic N) is 3.